The van der Waals surface area contributed by atoms with Gasteiger partial charge in [-0.25, -0.2) is 0 Å². The first-order valence-electron chi connectivity index (χ1n) is 6.41. The molecule has 0 aliphatic carbocycles. The van der Waals surface area contributed by atoms with Crippen LogP contribution in [0.2, 0.25) is 0 Å². The van der Waals surface area contributed by atoms with Crippen molar-refractivity contribution in [3.63, 3.8) is 0 Å². The molecule has 0 unspecified atom stereocenters. The first-order chi connectivity index (χ1) is 9.00. The van der Waals surface area contributed by atoms with Crippen molar-refractivity contribution in [3.05, 3.63) is 28.2 Å². The number of ether oxygens (including phenoxy) is 1. The molecule has 19 heavy (non-hydrogen) atoms. The molecule has 1 aromatic carbocycles. The molecule has 4 nitrogen and oxygen atoms in total. The SMILES string of the molecule is CC(C)COCCCNC(=O)c1ccc(Br)cc1N. The molecule has 0 aromatic heterocycles. The van der Waals surface area contributed by atoms with E-state index in [9.17, 15) is 4.79 Å². The van der Waals surface area contributed by atoms with Crippen molar-refractivity contribution in [1.29, 1.82) is 0 Å². The average Bonchev–Trinajstić information content (AvgIpc) is 2.32. The van der Waals surface area contributed by atoms with Crippen LogP contribution in [-0.4, -0.2) is 25.7 Å². The maximum Gasteiger partial charge on any atom is 0.253 e. The van der Waals surface area contributed by atoms with E-state index in [-0.39, 0.29) is 5.91 Å². The zero-order valence-electron chi connectivity index (χ0n) is 11.4. The number of nitrogens with two attached hydrogens (primary N) is 1. The standard InChI is InChI=1S/C14H21BrN2O2/c1-10(2)9-19-7-3-6-17-14(18)12-5-4-11(15)8-13(12)16/h4-5,8,10H,3,6-7,9,16H2,1-2H3,(H,17,18). The molecule has 0 fully saturated rings. The largest absolute Gasteiger partial charge is 0.398 e. The zero-order valence-corrected chi connectivity index (χ0v) is 13.0. The lowest BCUT2D eigenvalue weighted by molar-refractivity contribution is 0.0925. The fraction of sp³-hybridized carbons (Fsp3) is 0.500. The number of anilines is 1. The Hall–Kier alpha value is -1.07. The number of carbonyl (C=O) groups is 1. The highest BCUT2D eigenvalue weighted by Gasteiger charge is 2.08. The maximum absolute atomic E-state index is 11.9. The molecule has 0 saturated heterocycles. The third kappa shape index (κ3) is 6.07. The summed E-state index contributed by atoms with van der Waals surface area (Å²) in [5, 5.41) is 2.83. The van der Waals surface area contributed by atoms with Crippen molar-refractivity contribution in [2.75, 3.05) is 25.5 Å². The predicted octanol–water partition coefficient (Wildman–Crippen LogP) is 2.82. The molecule has 1 rings (SSSR count). The van der Waals surface area contributed by atoms with Crippen LogP contribution in [0, 0.1) is 5.92 Å². The molecule has 106 valence electrons. The summed E-state index contributed by atoms with van der Waals surface area (Å²) < 4.78 is 6.30. The van der Waals surface area contributed by atoms with Gasteiger partial charge in [0, 0.05) is 29.9 Å². The summed E-state index contributed by atoms with van der Waals surface area (Å²) in [6.45, 7) is 6.23. The lowest BCUT2D eigenvalue weighted by Gasteiger charge is -2.09. The third-order valence-electron chi connectivity index (χ3n) is 2.46. The van der Waals surface area contributed by atoms with Crippen LogP contribution in [0.3, 0.4) is 0 Å². The van der Waals surface area contributed by atoms with Crippen molar-refractivity contribution in [2.45, 2.75) is 20.3 Å². The van der Waals surface area contributed by atoms with Gasteiger partial charge in [0.1, 0.15) is 0 Å². The fourth-order valence-corrected chi connectivity index (χ4v) is 1.91. The third-order valence-corrected chi connectivity index (χ3v) is 2.95. The van der Waals surface area contributed by atoms with Gasteiger partial charge >= 0.3 is 0 Å². The molecule has 0 bridgehead atoms. The Kier molecular flexibility index (Phi) is 6.87. The minimum Gasteiger partial charge on any atom is -0.398 e. The predicted molar refractivity (Wildman–Crippen MR) is 81.2 cm³/mol. The second-order valence-corrected chi connectivity index (χ2v) is 5.73. The zero-order chi connectivity index (χ0) is 14.3. The van der Waals surface area contributed by atoms with Crippen LogP contribution in [0.4, 0.5) is 5.69 Å². The summed E-state index contributed by atoms with van der Waals surface area (Å²) in [4.78, 5) is 11.9. The minimum absolute atomic E-state index is 0.145. The Morgan fingerprint density at radius 3 is 2.84 bits per heavy atom. The highest BCUT2D eigenvalue weighted by atomic mass is 79.9. The smallest absolute Gasteiger partial charge is 0.253 e. The Labute approximate surface area is 122 Å². The maximum atomic E-state index is 11.9. The molecular formula is C14H21BrN2O2. The van der Waals surface area contributed by atoms with E-state index < -0.39 is 0 Å². The van der Waals surface area contributed by atoms with Crippen LogP contribution in [0.15, 0.2) is 22.7 Å². The molecule has 0 radical (unpaired) electrons. The number of hydrogen-bond acceptors (Lipinski definition) is 3. The number of benzene rings is 1. The summed E-state index contributed by atoms with van der Waals surface area (Å²) in [6.07, 6.45) is 0.800. The lowest BCUT2D eigenvalue weighted by atomic mass is 10.1. The number of rotatable bonds is 7. The number of halogens is 1. The summed E-state index contributed by atoms with van der Waals surface area (Å²) in [6, 6.07) is 5.24. The van der Waals surface area contributed by atoms with Crippen LogP contribution in [0.1, 0.15) is 30.6 Å². The Morgan fingerprint density at radius 1 is 1.47 bits per heavy atom. The number of amides is 1. The van der Waals surface area contributed by atoms with E-state index in [1.807, 2.05) is 0 Å². The normalized spacial score (nSPS) is 10.7. The summed E-state index contributed by atoms with van der Waals surface area (Å²) in [7, 11) is 0. The van der Waals surface area contributed by atoms with E-state index in [2.05, 4.69) is 35.1 Å². The van der Waals surface area contributed by atoms with Gasteiger partial charge in [-0.2, -0.15) is 0 Å². The number of nitrogens with one attached hydrogen (secondary N) is 1. The quantitative estimate of drug-likeness (QED) is 0.597. The number of nitrogen functional groups attached to an aromatic ring is 1. The molecule has 0 saturated carbocycles. The second kappa shape index (κ2) is 8.17. The summed E-state index contributed by atoms with van der Waals surface area (Å²) >= 11 is 3.31. The summed E-state index contributed by atoms with van der Waals surface area (Å²) in [5.41, 5.74) is 6.77. The Morgan fingerprint density at radius 2 is 2.21 bits per heavy atom. The van der Waals surface area contributed by atoms with Gasteiger partial charge in [0.15, 0.2) is 0 Å². The van der Waals surface area contributed by atoms with E-state index in [0.717, 1.165) is 17.5 Å². The fourth-order valence-electron chi connectivity index (χ4n) is 1.53. The van der Waals surface area contributed by atoms with Crippen molar-refractivity contribution in [2.24, 2.45) is 5.92 Å². The van der Waals surface area contributed by atoms with Gasteiger partial charge in [-0.15, -0.1) is 0 Å². The highest BCUT2D eigenvalue weighted by molar-refractivity contribution is 9.10. The van der Waals surface area contributed by atoms with E-state index in [4.69, 9.17) is 10.5 Å². The van der Waals surface area contributed by atoms with Crippen molar-refractivity contribution in [3.8, 4) is 0 Å². The number of carbonyl (C=O) groups excluding carboxylic acids is 1. The molecule has 3 N–H and O–H groups in total. The highest BCUT2D eigenvalue weighted by Crippen LogP contribution is 2.18. The van der Waals surface area contributed by atoms with Crippen LogP contribution in [0.25, 0.3) is 0 Å². The van der Waals surface area contributed by atoms with Crippen molar-refractivity contribution < 1.29 is 9.53 Å². The van der Waals surface area contributed by atoms with Crippen LogP contribution in [-0.2, 0) is 4.74 Å². The molecule has 1 amide bonds. The topological polar surface area (TPSA) is 64.3 Å². The first kappa shape index (κ1) is 16.0. The van der Waals surface area contributed by atoms with E-state index >= 15 is 0 Å². The van der Waals surface area contributed by atoms with Gasteiger partial charge < -0.3 is 15.8 Å². The van der Waals surface area contributed by atoms with Gasteiger partial charge in [0.2, 0.25) is 0 Å². The van der Waals surface area contributed by atoms with Gasteiger partial charge in [0.25, 0.3) is 5.91 Å². The monoisotopic (exact) mass is 328 g/mol. The van der Waals surface area contributed by atoms with Gasteiger partial charge in [-0.05, 0) is 30.5 Å². The van der Waals surface area contributed by atoms with Crippen LogP contribution >= 0.6 is 15.9 Å². The van der Waals surface area contributed by atoms with E-state index in [0.29, 0.717) is 30.3 Å². The molecule has 0 heterocycles. The second-order valence-electron chi connectivity index (χ2n) is 4.81. The molecule has 0 aliphatic heterocycles. The molecule has 5 heteroatoms. The number of hydrogen-bond donors (Lipinski definition) is 2. The molecular weight excluding hydrogens is 308 g/mol. The van der Waals surface area contributed by atoms with Crippen LogP contribution in [0.5, 0.6) is 0 Å². The average molecular weight is 329 g/mol. The summed E-state index contributed by atoms with van der Waals surface area (Å²) in [5.74, 6) is 0.394. The first-order valence-corrected chi connectivity index (χ1v) is 7.21. The molecule has 0 aliphatic rings. The Bertz CT molecular complexity index is 422. The van der Waals surface area contributed by atoms with Gasteiger partial charge in [-0.3, -0.25) is 4.79 Å². The van der Waals surface area contributed by atoms with Crippen molar-refractivity contribution in [1.82, 2.24) is 5.32 Å². The van der Waals surface area contributed by atoms with Gasteiger partial charge in [0.05, 0.1) is 5.56 Å². The Balaban J connectivity index is 2.28. The van der Waals surface area contributed by atoms with Crippen molar-refractivity contribution >= 4 is 27.5 Å². The van der Waals surface area contributed by atoms with Gasteiger partial charge in [-0.1, -0.05) is 29.8 Å². The molecule has 0 spiro atoms. The van der Waals surface area contributed by atoms with E-state index in [1.165, 1.54) is 0 Å². The lowest BCUT2D eigenvalue weighted by Crippen LogP contribution is -2.26. The van der Waals surface area contributed by atoms with Crippen LogP contribution < -0.4 is 11.1 Å². The minimum atomic E-state index is -0.145. The van der Waals surface area contributed by atoms with E-state index in [1.54, 1.807) is 18.2 Å². The molecule has 1 aromatic rings. The molecule has 0 atom stereocenters.